The van der Waals surface area contributed by atoms with Crippen LogP contribution < -0.4 is 14.7 Å². The van der Waals surface area contributed by atoms with Gasteiger partial charge in [0, 0.05) is 45.3 Å². The van der Waals surface area contributed by atoms with Gasteiger partial charge in [0.05, 0.1) is 13.2 Å². The molecular formula is C19H22N6O2. The number of morpholine rings is 1. The van der Waals surface area contributed by atoms with E-state index in [4.69, 9.17) is 9.15 Å². The first-order valence-electron chi connectivity index (χ1n) is 9.37. The fraction of sp³-hybridized carbons (Fsp3) is 0.421. The molecule has 0 N–H and O–H groups in total. The van der Waals surface area contributed by atoms with Crippen LogP contribution in [-0.4, -0.2) is 67.4 Å². The number of fused-ring (bicyclic) bond motifs is 1. The molecule has 0 aliphatic carbocycles. The van der Waals surface area contributed by atoms with Crippen molar-refractivity contribution < 1.29 is 9.15 Å². The third kappa shape index (κ3) is 3.28. The number of hydrogen-bond acceptors (Lipinski definition) is 8. The highest BCUT2D eigenvalue weighted by Gasteiger charge is 2.23. The van der Waals surface area contributed by atoms with Crippen LogP contribution in [0.3, 0.4) is 0 Å². The van der Waals surface area contributed by atoms with Gasteiger partial charge in [0.1, 0.15) is 23.5 Å². The summed E-state index contributed by atoms with van der Waals surface area (Å²) in [7, 11) is 0. The Morgan fingerprint density at radius 2 is 1.44 bits per heavy atom. The van der Waals surface area contributed by atoms with Gasteiger partial charge in [-0.15, -0.1) is 0 Å². The van der Waals surface area contributed by atoms with E-state index in [0.717, 1.165) is 75.2 Å². The van der Waals surface area contributed by atoms with Crippen molar-refractivity contribution in [3.05, 3.63) is 36.7 Å². The minimum absolute atomic E-state index is 0.701. The van der Waals surface area contributed by atoms with Crippen molar-refractivity contribution in [2.45, 2.75) is 0 Å². The lowest BCUT2D eigenvalue weighted by Crippen LogP contribution is -2.47. The van der Waals surface area contributed by atoms with E-state index in [-0.39, 0.29) is 0 Å². The van der Waals surface area contributed by atoms with E-state index in [1.807, 2.05) is 24.3 Å². The van der Waals surface area contributed by atoms with E-state index in [0.29, 0.717) is 6.01 Å². The molecule has 0 unspecified atom stereocenters. The van der Waals surface area contributed by atoms with Gasteiger partial charge in [0.15, 0.2) is 5.58 Å². The summed E-state index contributed by atoms with van der Waals surface area (Å²) in [6, 6.07) is 10.7. The van der Waals surface area contributed by atoms with Gasteiger partial charge in [-0.05, 0) is 12.1 Å². The normalized spacial score (nSPS) is 18.3. The molecule has 0 amide bonds. The van der Waals surface area contributed by atoms with Crippen LogP contribution in [0.4, 0.5) is 17.7 Å². The number of para-hydroxylation sites is 2. The third-order valence-corrected chi connectivity index (χ3v) is 5.13. The van der Waals surface area contributed by atoms with Gasteiger partial charge in [0.2, 0.25) is 0 Å². The molecule has 0 atom stereocenters. The molecule has 2 aromatic heterocycles. The van der Waals surface area contributed by atoms with Crippen LogP contribution in [-0.2, 0) is 4.74 Å². The van der Waals surface area contributed by atoms with Gasteiger partial charge in [0.25, 0.3) is 6.01 Å². The van der Waals surface area contributed by atoms with Gasteiger partial charge in [-0.1, -0.05) is 12.1 Å². The van der Waals surface area contributed by atoms with Crippen molar-refractivity contribution in [1.82, 2.24) is 15.0 Å². The Kier molecular flexibility index (Phi) is 4.25. The Balaban J connectivity index is 1.27. The van der Waals surface area contributed by atoms with E-state index in [1.165, 1.54) is 0 Å². The number of nitrogens with zero attached hydrogens (tertiary/aromatic N) is 6. The third-order valence-electron chi connectivity index (χ3n) is 5.13. The lowest BCUT2D eigenvalue weighted by Gasteiger charge is -2.35. The molecule has 0 spiro atoms. The van der Waals surface area contributed by atoms with Crippen molar-refractivity contribution in [3.63, 3.8) is 0 Å². The monoisotopic (exact) mass is 366 g/mol. The number of ether oxygens (including phenoxy) is 1. The predicted octanol–water partition coefficient (Wildman–Crippen LogP) is 1.78. The highest BCUT2D eigenvalue weighted by Crippen LogP contribution is 2.24. The summed E-state index contributed by atoms with van der Waals surface area (Å²) in [5.74, 6) is 1.95. The fourth-order valence-corrected chi connectivity index (χ4v) is 3.60. The molecule has 0 saturated carbocycles. The molecule has 8 heteroatoms. The van der Waals surface area contributed by atoms with Crippen LogP contribution in [0, 0.1) is 0 Å². The van der Waals surface area contributed by atoms with Crippen LogP contribution >= 0.6 is 0 Å². The maximum atomic E-state index is 5.90. The van der Waals surface area contributed by atoms with Gasteiger partial charge in [-0.25, -0.2) is 9.97 Å². The molecular weight excluding hydrogens is 344 g/mol. The van der Waals surface area contributed by atoms with Crippen LogP contribution in [0.1, 0.15) is 0 Å². The number of piperazine rings is 1. The highest BCUT2D eigenvalue weighted by molar-refractivity contribution is 5.74. The Labute approximate surface area is 157 Å². The van der Waals surface area contributed by atoms with Gasteiger partial charge in [-0.2, -0.15) is 4.98 Å². The molecule has 8 nitrogen and oxygen atoms in total. The van der Waals surface area contributed by atoms with Crippen molar-refractivity contribution in [2.24, 2.45) is 0 Å². The number of hydrogen-bond donors (Lipinski definition) is 0. The summed E-state index contributed by atoms with van der Waals surface area (Å²) in [6.45, 7) is 6.71. The SMILES string of the molecule is c1ccc2oc(N3CCN(c4cc(N5CCOCC5)ncn4)CC3)nc2c1. The summed E-state index contributed by atoms with van der Waals surface area (Å²) >= 11 is 0. The number of anilines is 3. The Bertz CT molecular complexity index is 882. The Morgan fingerprint density at radius 3 is 2.19 bits per heavy atom. The molecule has 140 valence electrons. The summed E-state index contributed by atoms with van der Waals surface area (Å²) in [5.41, 5.74) is 1.74. The van der Waals surface area contributed by atoms with E-state index in [9.17, 15) is 0 Å². The maximum Gasteiger partial charge on any atom is 0.298 e. The molecule has 1 aromatic carbocycles. The number of oxazole rings is 1. The van der Waals surface area contributed by atoms with Crippen LogP contribution in [0.2, 0.25) is 0 Å². The first-order chi connectivity index (χ1) is 13.4. The summed E-state index contributed by atoms with van der Waals surface area (Å²) < 4.78 is 11.3. The molecule has 2 fully saturated rings. The molecule has 4 heterocycles. The first kappa shape index (κ1) is 16.3. The maximum absolute atomic E-state index is 5.90. The lowest BCUT2D eigenvalue weighted by atomic mass is 10.3. The molecule has 27 heavy (non-hydrogen) atoms. The van der Waals surface area contributed by atoms with E-state index in [1.54, 1.807) is 6.33 Å². The first-order valence-corrected chi connectivity index (χ1v) is 9.37. The smallest absolute Gasteiger partial charge is 0.298 e. The van der Waals surface area contributed by atoms with Gasteiger partial charge >= 0.3 is 0 Å². The zero-order valence-corrected chi connectivity index (χ0v) is 15.1. The van der Waals surface area contributed by atoms with Gasteiger partial charge in [-0.3, -0.25) is 0 Å². The van der Waals surface area contributed by atoms with E-state index >= 15 is 0 Å². The van der Waals surface area contributed by atoms with E-state index in [2.05, 4.69) is 35.7 Å². The zero-order valence-electron chi connectivity index (χ0n) is 15.1. The lowest BCUT2D eigenvalue weighted by molar-refractivity contribution is 0.122. The second kappa shape index (κ2) is 7.03. The molecule has 0 radical (unpaired) electrons. The molecule has 5 rings (SSSR count). The quantitative estimate of drug-likeness (QED) is 0.695. The minimum atomic E-state index is 0.701. The van der Waals surface area contributed by atoms with Crippen LogP contribution in [0.15, 0.2) is 41.1 Å². The molecule has 3 aromatic rings. The summed E-state index contributed by atoms with van der Waals surface area (Å²) in [6.07, 6.45) is 1.66. The van der Waals surface area contributed by atoms with Crippen LogP contribution in [0.5, 0.6) is 0 Å². The fourth-order valence-electron chi connectivity index (χ4n) is 3.60. The van der Waals surface area contributed by atoms with Crippen molar-refractivity contribution in [1.29, 1.82) is 0 Å². The topological polar surface area (TPSA) is 70.8 Å². The molecule has 2 aliphatic rings. The highest BCUT2D eigenvalue weighted by atomic mass is 16.5. The average molecular weight is 366 g/mol. The zero-order chi connectivity index (χ0) is 18.1. The Hall–Kier alpha value is -2.87. The van der Waals surface area contributed by atoms with Crippen molar-refractivity contribution >= 4 is 28.8 Å². The predicted molar refractivity (Wildman–Crippen MR) is 103 cm³/mol. The standard InChI is InChI=1S/C19H22N6O2/c1-2-4-16-15(3-1)22-19(27-16)25-7-5-23(6-8-25)17-13-18(21-14-20-17)24-9-11-26-12-10-24/h1-4,13-14H,5-12H2. The second-order valence-corrected chi connectivity index (χ2v) is 6.77. The second-order valence-electron chi connectivity index (χ2n) is 6.77. The number of rotatable bonds is 3. The Morgan fingerprint density at radius 1 is 0.778 bits per heavy atom. The van der Waals surface area contributed by atoms with Crippen molar-refractivity contribution in [2.75, 3.05) is 67.2 Å². The van der Waals surface area contributed by atoms with Crippen molar-refractivity contribution in [3.8, 4) is 0 Å². The number of benzene rings is 1. The van der Waals surface area contributed by atoms with E-state index < -0.39 is 0 Å². The van der Waals surface area contributed by atoms with Crippen LogP contribution in [0.25, 0.3) is 11.1 Å². The average Bonchev–Trinajstić information content (AvgIpc) is 3.19. The largest absolute Gasteiger partial charge is 0.423 e. The summed E-state index contributed by atoms with van der Waals surface area (Å²) in [4.78, 5) is 20.3. The molecule has 0 bridgehead atoms. The molecule has 2 aliphatic heterocycles. The number of aromatic nitrogens is 3. The molecule has 2 saturated heterocycles. The van der Waals surface area contributed by atoms with Gasteiger partial charge < -0.3 is 23.9 Å². The summed E-state index contributed by atoms with van der Waals surface area (Å²) in [5, 5.41) is 0. The minimum Gasteiger partial charge on any atom is -0.423 e.